The smallest absolute Gasteiger partial charge is 0.302 e. The number of carbonyl (C=O) groups excluding carboxylic acids is 2. The summed E-state index contributed by atoms with van der Waals surface area (Å²) in [4.78, 5) is 21.7. The van der Waals surface area contributed by atoms with Crippen molar-refractivity contribution < 1.29 is 19.1 Å². The lowest BCUT2D eigenvalue weighted by Crippen LogP contribution is -2.31. The highest BCUT2D eigenvalue weighted by Gasteiger charge is 2.48. The lowest BCUT2D eigenvalue weighted by atomic mass is 9.87. The highest BCUT2D eigenvalue weighted by molar-refractivity contribution is 5.66. The molecular weight excluding hydrogens is 208 g/mol. The zero-order valence-corrected chi connectivity index (χ0v) is 9.77. The van der Waals surface area contributed by atoms with E-state index < -0.39 is 0 Å². The minimum Gasteiger partial charge on any atom is -0.466 e. The summed E-state index contributed by atoms with van der Waals surface area (Å²) in [5.41, 5.74) is 0. The Bertz CT molecular complexity index is 297. The van der Waals surface area contributed by atoms with Crippen LogP contribution in [0.15, 0.2) is 0 Å². The lowest BCUT2D eigenvalue weighted by Gasteiger charge is -2.28. The van der Waals surface area contributed by atoms with Gasteiger partial charge in [0.2, 0.25) is 0 Å². The molecule has 0 spiro atoms. The van der Waals surface area contributed by atoms with E-state index in [1.165, 1.54) is 13.8 Å². The Morgan fingerprint density at radius 3 is 2.44 bits per heavy atom. The molecule has 4 heteroatoms. The number of hydrogen-bond donors (Lipinski definition) is 0. The zero-order chi connectivity index (χ0) is 11.7. The molecule has 0 aromatic heterocycles. The van der Waals surface area contributed by atoms with Crippen molar-refractivity contribution in [2.24, 2.45) is 17.8 Å². The fourth-order valence-corrected chi connectivity index (χ4v) is 3.19. The number of carbonyl (C=O) groups is 2. The van der Waals surface area contributed by atoms with Crippen molar-refractivity contribution in [1.82, 2.24) is 0 Å². The largest absolute Gasteiger partial charge is 0.466 e. The highest BCUT2D eigenvalue weighted by Crippen LogP contribution is 2.49. The van der Waals surface area contributed by atoms with Crippen molar-refractivity contribution >= 4 is 11.9 Å². The van der Waals surface area contributed by atoms with Crippen molar-refractivity contribution in [3.8, 4) is 0 Å². The first kappa shape index (κ1) is 11.4. The second-order valence-electron chi connectivity index (χ2n) is 4.95. The van der Waals surface area contributed by atoms with Crippen LogP contribution in [0, 0.1) is 17.8 Å². The molecule has 0 N–H and O–H groups in total. The lowest BCUT2D eigenvalue weighted by molar-refractivity contribution is -0.152. The minimum atomic E-state index is -0.230. The van der Waals surface area contributed by atoms with Gasteiger partial charge in [-0.05, 0) is 31.1 Å². The molecule has 0 aromatic carbocycles. The summed E-state index contributed by atoms with van der Waals surface area (Å²) in [5, 5.41) is 0. The predicted octanol–water partition coefficient (Wildman–Crippen LogP) is 1.53. The second-order valence-corrected chi connectivity index (χ2v) is 4.95. The van der Waals surface area contributed by atoms with E-state index in [0.29, 0.717) is 24.4 Å². The maximum Gasteiger partial charge on any atom is 0.302 e. The number of ether oxygens (including phenoxy) is 2. The van der Waals surface area contributed by atoms with Crippen molar-refractivity contribution in [2.75, 3.05) is 6.61 Å². The third-order valence-corrected chi connectivity index (χ3v) is 3.71. The minimum absolute atomic E-state index is 0.0526. The van der Waals surface area contributed by atoms with Crippen LogP contribution < -0.4 is 0 Å². The standard InChI is InChI=1S/C12H18O4/c1-7(13)15-6-10-3-9-4-11(10)12(5-9)16-8(2)14/h9-12H,3-6H2,1-2H3/t9-,10+,11-,12+/m0/s1. The summed E-state index contributed by atoms with van der Waals surface area (Å²) in [6.07, 6.45) is 3.26. The van der Waals surface area contributed by atoms with E-state index in [9.17, 15) is 9.59 Å². The summed E-state index contributed by atoms with van der Waals surface area (Å²) in [6.45, 7) is 3.36. The van der Waals surface area contributed by atoms with Gasteiger partial charge in [0.1, 0.15) is 6.10 Å². The molecule has 0 amide bonds. The average molecular weight is 226 g/mol. The molecule has 4 atom stereocenters. The zero-order valence-electron chi connectivity index (χ0n) is 9.77. The molecule has 4 nitrogen and oxygen atoms in total. The molecule has 2 rings (SSSR count). The maximum absolute atomic E-state index is 10.9. The molecule has 0 aliphatic heterocycles. The Morgan fingerprint density at radius 1 is 1.12 bits per heavy atom. The van der Waals surface area contributed by atoms with Crippen LogP contribution in [0.5, 0.6) is 0 Å². The van der Waals surface area contributed by atoms with Gasteiger partial charge in [0.05, 0.1) is 6.61 Å². The Balaban J connectivity index is 1.88. The number of hydrogen-bond acceptors (Lipinski definition) is 4. The van der Waals surface area contributed by atoms with E-state index >= 15 is 0 Å². The van der Waals surface area contributed by atoms with Crippen LogP contribution in [0.25, 0.3) is 0 Å². The van der Waals surface area contributed by atoms with Gasteiger partial charge in [0.15, 0.2) is 0 Å². The predicted molar refractivity (Wildman–Crippen MR) is 56.5 cm³/mol. The molecule has 0 radical (unpaired) electrons. The third kappa shape index (κ3) is 2.36. The van der Waals surface area contributed by atoms with Crippen molar-refractivity contribution in [2.45, 2.75) is 39.2 Å². The van der Waals surface area contributed by atoms with Crippen molar-refractivity contribution in [1.29, 1.82) is 0 Å². The Hall–Kier alpha value is -1.06. The van der Waals surface area contributed by atoms with Gasteiger partial charge < -0.3 is 9.47 Å². The molecule has 90 valence electrons. The van der Waals surface area contributed by atoms with Gasteiger partial charge in [-0.1, -0.05) is 0 Å². The number of fused-ring (bicyclic) bond motifs is 2. The topological polar surface area (TPSA) is 52.6 Å². The molecule has 0 heterocycles. The van der Waals surface area contributed by atoms with Gasteiger partial charge >= 0.3 is 11.9 Å². The molecule has 0 saturated heterocycles. The van der Waals surface area contributed by atoms with E-state index in [1.807, 2.05) is 0 Å². The monoisotopic (exact) mass is 226 g/mol. The van der Waals surface area contributed by atoms with E-state index in [2.05, 4.69) is 0 Å². The van der Waals surface area contributed by atoms with Crippen LogP contribution in [0.3, 0.4) is 0 Å². The quantitative estimate of drug-likeness (QED) is 0.685. The van der Waals surface area contributed by atoms with E-state index in [-0.39, 0.29) is 18.0 Å². The Labute approximate surface area is 95.3 Å². The average Bonchev–Trinajstić information content (AvgIpc) is 2.72. The summed E-state index contributed by atoms with van der Waals surface area (Å²) in [7, 11) is 0. The molecule has 0 unspecified atom stereocenters. The fourth-order valence-electron chi connectivity index (χ4n) is 3.19. The van der Waals surface area contributed by atoms with Crippen LogP contribution in [0.4, 0.5) is 0 Å². The van der Waals surface area contributed by atoms with Crippen LogP contribution >= 0.6 is 0 Å². The van der Waals surface area contributed by atoms with Gasteiger partial charge in [-0.2, -0.15) is 0 Å². The van der Waals surface area contributed by atoms with Gasteiger partial charge in [-0.3, -0.25) is 9.59 Å². The maximum atomic E-state index is 10.9. The SMILES string of the molecule is CC(=O)OC[C@H]1C[C@H]2C[C@@H]1[C@H](OC(C)=O)C2. The van der Waals surface area contributed by atoms with Gasteiger partial charge in [0.25, 0.3) is 0 Å². The van der Waals surface area contributed by atoms with Crippen molar-refractivity contribution in [3.63, 3.8) is 0 Å². The van der Waals surface area contributed by atoms with E-state index in [0.717, 1.165) is 19.3 Å². The summed E-state index contributed by atoms with van der Waals surface area (Å²) in [5.74, 6) is 0.991. The first-order chi connectivity index (χ1) is 7.56. The molecule has 0 aromatic rings. The van der Waals surface area contributed by atoms with Crippen molar-refractivity contribution in [3.05, 3.63) is 0 Å². The molecule has 2 fully saturated rings. The Kier molecular flexibility index (Phi) is 3.17. The summed E-state index contributed by atoms with van der Waals surface area (Å²) < 4.78 is 10.4. The fraction of sp³-hybridized carbons (Fsp3) is 0.833. The third-order valence-electron chi connectivity index (χ3n) is 3.71. The van der Waals surface area contributed by atoms with Crippen LogP contribution in [-0.4, -0.2) is 24.6 Å². The molecular formula is C12H18O4. The molecule has 16 heavy (non-hydrogen) atoms. The highest BCUT2D eigenvalue weighted by atomic mass is 16.5. The van der Waals surface area contributed by atoms with Crippen LogP contribution in [-0.2, 0) is 19.1 Å². The molecule has 2 aliphatic rings. The molecule has 2 aliphatic carbocycles. The normalized spacial score (nSPS) is 36.1. The van der Waals surface area contributed by atoms with Crippen LogP contribution in [0.2, 0.25) is 0 Å². The van der Waals surface area contributed by atoms with Gasteiger partial charge in [0, 0.05) is 19.8 Å². The van der Waals surface area contributed by atoms with Crippen LogP contribution in [0.1, 0.15) is 33.1 Å². The van der Waals surface area contributed by atoms with Gasteiger partial charge in [-0.15, -0.1) is 0 Å². The molecule has 2 saturated carbocycles. The summed E-state index contributed by atoms with van der Waals surface area (Å²) >= 11 is 0. The summed E-state index contributed by atoms with van der Waals surface area (Å²) in [6, 6.07) is 0. The Morgan fingerprint density at radius 2 is 1.88 bits per heavy atom. The second kappa shape index (κ2) is 4.44. The van der Waals surface area contributed by atoms with Gasteiger partial charge in [-0.25, -0.2) is 0 Å². The van der Waals surface area contributed by atoms with E-state index in [1.54, 1.807) is 0 Å². The first-order valence-corrected chi connectivity index (χ1v) is 5.87. The number of rotatable bonds is 3. The first-order valence-electron chi connectivity index (χ1n) is 5.87. The number of esters is 2. The molecule has 2 bridgehead atoms. The van der Waals surface area contributed by atoms with E-state index in [4.69, 9.17) is 9.47 Å².